The van der Waals surface area contributed by atoms with E-state index in [2.05, 4.69) is 4.99 Å². The molecular formula is C13H16N2O2S. The number of benzene rings is 1. The van der Waals surface area contributed by atoms with E-state index in [1.807, 2.05) is 36.6 Å². The van der Waals surface area contributed by atoms with Crippen molar-refractivity contribution in [3.8, 4) is 5.75 Å². The van der Waals surface area contributed by atoms with Crippen LogP contribution in [0, 0.1) is 0 Å². The third-order valence-corrected chi connectivity index (χ3v) is 3.37. The standard InChI is InChI=1S/C13H16N2O2S/c1-10(17-11-6-4-3-5-7-11)12(16)15-9-8-14-13(15)18-2/h3-7,10H,8-9H2,1-2H3/t10-/m1/s1. The monoisotopic (exact) mass is 264 g/mol. The first-order valence-electron chi connectivity index (χ1n) is 5.84. The highest BCUT2D eigenvalue weighted by Gasteiger charge is 2.28. The van der Waals surface area contributed by atoms with Crippen molar-refractivity contribution in [2.45, 2.75) is 13.0 Å². The summed E-state index contributed by atoms with van der Waals surface area (Å²) < 4.78 is 5.63. The number of hydrogen-bond acceptors (Lipinski definition) is 4. The minimum absolute atomic E-state index is 0.0375. The Morgan fingerprint density at radius 2 is 2.17 bits per heavy atom. The van der Waals surface area contributed by atoms with Crippen molar-refractivity contribution in [2.75, 3.05) is 19.3 Å². The van der Waals surface area contributed by atoms with Gasteiger partial charge in [-0.15, -0.1) is 0 Å². The molecule has 0 unspecified atom stereocenters. The molecular weight excluding hydrogens is 248 g/mol. The van der Waals surface area contributed by atoms with Crippen LogP contribution in [0.1, 0.15) is 6.92 Å². The molecule has 1 aromatic rings. The molecule has 1 heterocycles. The Labute approximate surface area is 111 Å². The average molecular weight is 264 g/mol. The molecule has 5 heteroatoms. The topological polar surface area (TPSA) is 41.9 Å². The maximum Gasteiger partial charge on any atom is 0.269 e. The number of aliphatic imine (C=N–C) groups is 1. The lowest BCUT2D eigenvalue weighted by atomic mass is 10.3. The first-order valence-corrected chi connectivity index (χ1v) is 7.06. The Morgan fingerprint density at radius 3 is 2.83 bits per heavy atom. The second-order valence-corrected chi connectivity index (χ2v) is 4.70. The molecule has 0 radical (unpaired) electrons. The van der Waals surface area contributed by atoms with Crippen molar-refractivity contribution < 1.29 is 9.53 Å². The molecule has 0 fully saturated rings. The van der Waals surface area contributed by atoms with Gasteiger partial charge in [-0.2, -0.15) is 0 Å². The molecule has 1 aromatic carbocycles. The summed E-state index contributed by atoms with van der Waals surface area (Å²) in [7, 11) is 0. The largest absolute Gasteiger partial charge is 0.481 e. The second kappa shape index (κ2) is 5.91. The van der Waals surface area contributed by atoms with Crippen LogP contribution in [0.25, 0.3) is 0 Å². The van der Waals surface area contributed by atoms with Gasteiger partial charge in [-0.05, 0) is 25.3 Å². The van der Waals surface area contributed by atoms with Gasteiger partial charge in [0.05, 0.1) is 6.54 Å². The summed E-state index contributed by atoms with van der Waals surface area (Å²) in [6.07, 6.45) is 1.43. The number of para-hydroxylation sites is 1. The van der Waals surface area contributed by atoms with E-state index in [0.717, 1.165) is 5.17 Å². The fourth-order valence-electron chi connectivity index (χ4n) is 1.78. The molecule has 4 nitrogen and oxygen atoms in total. The molecule has 1 aliphatic rings. The number of rotatable bonds is 3. The molecule has 18 heavy (non-hydrogen) atoms. The van der Waals surface area contributed by atoms with Crippen LogP contribution in [0.2, 0.25) is 0 Å². The zero-order valence-electron chi connectivity index (χ0n) is 10.5. The summed E-state index contributed by atoms with van der Waals surface area (Å²) in [5, 5.41) is 0.781. The van der Waals surface area contributed by atoms with E-state index in [1.54, 1.807) is 11.8 Å². The number of hydrogen-bond donors (Lipinski definition) is 0. The maximum absolute atomic E-state index is 12.2. The van der Waals surface area contributed by atoms with Crippen molar-refractivity contribution in [3.63, 3.8) is 0 Å². The van der Waals surface area contributed by atoms with E-state index >= 15 is 0 Å². The van der Waals surface area contributed by atoms with Gasteiger partial charge in [-0.3, -0.25) is 14.7 Å². The summed E-state index contributed by atoms with van der Waals surface area (Å²) in [5.41, 5.74) is 0. The zero-order chi connectivity index (χ0) is 13.0. The van der Waals surface area contributed by atoms with E-state index in [9.17, 15) is 4.79 Å². The number of carbonyl (C=O) groups is 1. The predicted octanol–water partition coefficient (Wildman–Crippen LogP) is 2.02. The summed E-state index contributed by atoms with van der Waals surface area (Å²) in [6, 6.07) is 9.38. The molecule has 1 aliphatic heterocycles. The Balaban J connectivity index is 1.99. The van der Waals surface area contributed by atoms with Crippen molar-refractivity contribution >= 4 is 22.8 Å². The Bertz CT molecular complexity index is 448. The average Bonchev–Trinajstić information content (AvgIpc) is 2.87. The van der Waals surface area contributed by atoms with Gasteiger partial charge >= 0.3 is 0 Å². The SMILES string of the molecule is CSC1=NCCN1C(=O)[C@@H](C)Oc1ccccc1. The highest BCUT2D eigenvalue weighted by Crippen LogP contribution is 2.16. The Morgan fingerprint density at radius 1 is 1.44 bits per heavy atom. The summed E-state index contributed by atoms with van der Waals surface area (Å²) in [6.45, 7) is 3.10. The lowest BCUT2D eigenvalue weighted by molar-refractivity contribution is -0.133. The third kappa shape index (κ3) is 2.85. The fraction of sp³-hybridized carbons (Fsp3) is 0.385. The molecule has 0 aromatic heterocycles. The molecule has 0 N–H and O–H groups in total. The van der Waals surface area contributed by atoms with Gasteiger partial charge < -0.3 is 4.74 Å². The fourth-order valence-corrected chi connectivity index (χ4v) is 2.40. The van der Waals surface area contributed by atoms with Gasteiger partial charge in [0, 0.05) is 6.54 Å². The van der Waals surface area contributed by atoms with Gasteiger partial charge in [0.15, 0.2) is 11.3 Å². The lowest BCUT2D eigenvalue weighted by Crippen LogP contribution is -2.41. The van der Waals surface area contributed by atoms with Gasteiger partial charge in [-0.1, -0.05) is 30.0 Å². The van der Waals surface area contributed by atoms with Gasteiger partial charge in [0.25, 0.3) is 5.91 Å². The molecule has 0 saturated carbocycles. The van der Waals surface area contributed by atoms with Crippen LogP contribution in [0.4, 0.5) is 0 Å². The number of nitrogens with zero attached hydrogens (tertiary/aromatic N) is 2. The number of amidine groups is 1. The quantitative estimate of drug-likeness (QED) is 0.838. The lowest BCUT2D eigenvalue weighted by Gasteiger charge is -2.21. The van der Waals surface area contributed by atoms with E-state index in [1.165, 1.54) is 11.8 Å². The van der Waals surface area contributed by atoms with Crippen LogP contribution in [0.15, 0.2) is 35.3 Å². The van der Waals surface area contributed by atoms with Crippen molar-refractivity contribution in [1.29, 1.82) is 0 Å². The normalized spacial score (nSPS) is 16.3. The van der Waals surface area contributed by atoms with Crippen LogP contribution < -0.4 is 4.74 Å². The number of amides is 1. The van der Waals surface area contributed by atoms with E-state index in [-0.39, 0.29) is 5.91 Å². The van der Waals surface area contributed by atoms with E-state index in [4.69, 9.17) is 4.74 Å². The van der Waals surface area contributed by atoms with Crippen LogP contribution in [0.5, 0.6) is 5.75 Å². The minimum atomic E-state index is -0.497. The second-order valence-electron chi connectivity index (χ2n) is 3.93. The highest BCUT2D eigenvalue weighted by molar-refractivity contribution is 8.13. The van der Waals surface area contributed by atoms with Crippen LogP contribution in [0.3, 0.4) is 0 Å². The smallest absolute Gasteiger partial charge is 0.269 e. The summed E-state index contributed by atoms with van der Waals surface area (Å²) in [4.78, 5) is 18.2. The molecule has 0 saturated heterocycles. The number of thioether (sulfide) groups is 1. The van der Waals surface area contributed by atoms with E-state index in [0.29, 0.717) is 18.8 Å². The van der Waals surface area contributed by atoms with Crippen molar-refractivity contribution in [2.24, 2.45) is 4.99 Å². The van der Waals surface area contributed by atoms with Crippen molar-refractivity contribution in [1.82, 2.24) is 4.90 Å². The molecule has 0 bridgehead atoms. The zero-order valence-corrected chi connectivity index (χ0v) is 11.3. The van der Waals surface area contributed by atoms with E-state index < -0.39 is 6.10 Å². The molecule has 96 valence electrons. The van der Waals surface area contributed by atoms with Crippen LogP contribution in [-0.2, 0) is 4.79 Å². The minimum Gasteiger partial charge on any atom is -0.481 e. The molecule has 0 spiro atoms. The van der Waals surface area contributed by atoms with Gasteiger partial charge in [0.1, 0.15) is 5.75 Å². The van der Waals surface area contributed by atoms with Crippen LogP contribution in [-0.4, -0.2) is 41.4 Å². The van der Waals surface area contributed by atoms with Gasteiger partial charge in [0.2, 0.25) is 0 Å². The molecule has 2 rings (SSSR count). The first kappa shape index (κ1) is 13.0. The Hall–Kier alpha value is -1.49. The Kier molecular flexibility index (Phi) is 4.25. The molecule has 1 atom stereocenters. The highest BCUT2D eigenvalue weighted by atomic mass is 32.2. The van der Waals surface area contributed by atoms with Gasteiger partial charge in [-0.25, -0.2) is 0 Å². The summed E-state index contributed by atoms with van der Waals surface area (Å²) >= 11 is 1.49. The molecule has 0 aliphatic carbocycles. The number of ether oxygens (including phenoxy) is 1. The summed E-state index contributed by atoms with van der Waals surface area (Å²) in [5.74, 6) is 0.671. The predicted molar refractivity (Wildman–Crippen MR) is 74.1 cm³/mol. The van der Waals surface area contributed by atoms with Crippen molar-refractivity contribution in [3.05, 3.63) is 30.3 Å². The van der Waals surface area contributed by atoms with Crippen LogP contribution >= 0.6 is 11.8 Å². The number of carbonyl (C=O) groups excluding carboxylic acids is 1. The molecule has 1 amide bonds. The third-order valence-electron chi connectivity index (χ3n) is 2.65. The first-order chi connectivity index (χ1) is 8.72. The maximum atomic E-state index is 12.2.